The Hall–Kier alpha value is -1.75. The van der Waals surface area contributed by atoms with Crippen molar-refractivity contribution in [3.63, 3.8) is 0 Å². The van der Waals surface area contributed by atoms with Crippen LogP contribution in [0, 0.1) is 12.3 Å². The molecule has 0 radical (unpaired) electrons. The van der Waals surface area contributed by atoms with E-state index in [-0.39, 0.29) is 11.3 Å². The van der Waals surface area contributed by atoms with Crippen molar-refractivity contribution >= 4 is 5.91 Å². The number of nitrogens with zero attached hydrogens (tertiary/aromatic N) is 1. The summed E-state index contributed by atoms with van der Waals surface area (Å²) in [5, 5.41) is 0. The van der Waals surface area contributed by atoms with Gasteiger partial charge in [-0.3, -0.25) is 4.79 Å². The van der Waals surface area contributed by atoms with Crippen molar-refractivity contribution in [3.05, 3.63) is 23.3 Å². The monoisotopic (exact) mass is 294 g/mol. The van der Waals surface area contributed by atoms with Gasteiger partial charge in [-0.25, -0.2) is 0 Å². The van der Waals surface area contributed by atoms with Gasteiger partial charge in [-0.15, -0.1) is 0 Å². The van der Waals surface area contributed by atoms with Crippen LogP contribution in [-0.2, 0) is 0 Å². The van der Waals surface area contributed by atoms with Gasteiger partial charge in [0.25, 0.3) is 5.91 Å². The molecule has 5 heteroatoms. The standard InChI is InChI=1S/C16H26N2O3/c1-11-7-13(20-5)14(21-6)8-12(11)15(19)18(4)10-16(2,3)9-17/h7-8H,9-10,17H2,1-6H3. The number of ether oxygens (including phenoxy) is 2. The number of rotatable bonds is 6. The van der Waals surface area contributed by atoms with Crippen LogP contribution in [0.5, 0.6) is 11.5 Å². The molecule has 21 heavy (non-hydrogen) atoms. The van der Waals surface area contributed by atoms with Gasteiger partial charge in [0.15, 0.2) is 11.5 Å². The number of nitrogens with two attached hydrogens (primary N) is 1. The summed E-state index contributed by atoms with van der Waals surface area (Å²) in [7, 11) is 4.92. The fraction of sp³-hybridized carbons (Fsp3) is 0.562. The summed E-state index contributed by atoms with van der Waals surface area (Å²) in [5.74, 6) is 1.13. The lowest BCUT2D eigenvalue weighted by atomic mass is 9.93. The molecule has 0 aromatic heterocycles. The lowest BCUT2D eigenvalue weighted by Crippen LogP contribution is -2.40. The molecular formula is C16H26N2O3. The van der Waals surface area contributed by atoms with Crippen LogP contribution < -0.4 is 15.2 Å². The number of methoxy groups -OCH3 is 2. The van der Waals surface area contributed by atoms with Gasteiger partial charge in [0.05, 0.1) is 14.2 Å². The Morgan fingerprint density at radius 2 is 1.76 bits per heavy atom. The molecule has 1 aromatic carbocycles. The summed E-state index contributed by atoms with van der Waals surface area (Å²) in [6, 6.07) is 3.54. The number of amides is 1. The van der Waals surface area contributed by atoms with Crippen LogP contribution in [0.15, 0.2) is 12.1 Å². The van der Waals surface area contributed by atoms with Crippen molar-refractivity contribution in [2.75, 3.05) is 34.4 Å². The smallest absolute Gasteiger partial charge is 0.254 e. The molecule has 1 rings (SSSR count). The molecule has 1 amide bonds. The van der Waals surface area contributed by atoms with Crippen LogP contribution >= 0.6 is 0 Å². The zero-order valence-corrected chi connectivity index (χ0v) is 13.8. The Morgan fingerprint density at radius 3 is 2.24 bits per heavy atom. The third-order valence-electron chi connectivity index (χ3n) is 3.53. The van der Waals surface area contributed by atoms with Gasteiger partial charge in [-0.1, -0.05) is 13.8 Å². The van der Waals surface area contributed by atoms with Crippen molar-refractivity contribution in [1.82, 2.24) is 4.90 Å². The lowest BCUT2D eigenvalue weighted by Gasteiger charge is -2.29. The zero-order valence-electron chi connectivity index (χ0n) is 13.8. The average molecular weight is 294 g/mol. The Bertz CT molecular complexity index is 512. The number of hydrogen-bond donors (Lipinski definition) is 1. The highest BCUT2D eigenvalue weighted by molar-refractivity contribution is 5.96. The molecule has 0 aliphatic rings. The molecule has 0 fully saturated rings. The topological polar surface area (TPSA) is 64.8 Å². The maximum absolute atomic E-state index is 12.6. The van der Waals surface area contributed by atoms with E-state index >= 15 is 0 Å². The normalized spacial score (nSPS) is 11.2. The molecule has 0 saturated heterocycles. The molecule has 0 aliphatic carbocycles. The van der Waals surface area contributed by atoms with E-state index in [1.54, 1.807) is 32.2 Å². The molecule has 2 N–H and O–H groups in total. The molecule has 5 nitrogen and oxygen atoms in total. The van der Waals surface area contributed by atoms with Gasteiger partial charge in [0.1, 0.15) is 0 Å². The van der Waals surface area contributed by atoms with Crippen molar-refractivity contribution in [2.45, 2.75) is 20.8 Å². The molecule has 0 spiro atoms. The lowest BCUT2D eigenvalue weighted by molar-refractivity contribution is 0.0739. The van der Waals surface area contributed by atoms with Gasteiger partial charge in [-0.2, -0.15) is 0 Å². The summed E-state index contributed by atoms with van der Waals surface area (Å²) in [4.78, 5) is 14.3. The maximum atomic E-state index is 12.6. The number of hydrogen-bond acceptors (Lipinski definition) is 4. The van der Waals surface area contributed by atoms with Crippen LogP contribution in [0.25, 0.3) is 0 Å². The molecule has 0 unspecified atom stereocenters. The number of carbonyl (C=O) groups is 1. The van der Waals surface area contributed by atoms with E-state index in [9.17, 15) is 4.79 Å². The largest absolute Gasteiger partial charge is 0.493 e. The van der Waals surface area contributed by atoms with Gasteiger partial charge < -0.3 is 20.1 Å². The van der Waals surface area contributed by atoms with Crippen molar-refractivity contribution in [2.24, 2.45) is 11.1 Å². The van der Waals surface area contributed by atoms with Crippen LogP contribution in [0.2, 0.25) is 0 Å². The molecule has 0 aliphatic heterocycles. The Labute approximate surface area is 127 Å². The minimum atomic E-state index is -0.116. The highest BCUT2D eigenvalue weighted by Gasteiger charge is 2.23. The highest BCUT2D eigenvalue weighted by atomic mass is 16.5. The summed E-state index contributed by atoms with van der Waals surface area (Å²) in [5.41, 5.74) is 7.09. The van der Waals surface area contributed by atoms with Crippen molar-refractivity contribution < 1.29 is 14.3 Å². The first-order valence-electron chi connectivity index (χ1n) is 6.94. The molecule has 0 saturated carbocycles. The van der Waals surface area contributed by atoms with Crippen LogP contribution in [0.3, 0.4) is 0 Å². The summed E-state index contributed by atoms with van der Waals surface area (Å²) < 4.78 is 10.5. The van der Waals surface area contributed by atoms with E-state index in [1.165, 1.54) is 0 Å². The van der Waals surface area contributed by atoms with Gasteiger partial charge >= 0.3 is 0 Å². The van der Waals surface area contributed by atoms with Crippen LogP contribution in [-0.4, -0.2) is 45.2 Å². The summed E-state index contributed by atoms with van der Waals surface area (Å²) >= 11 is 0. The average Bonchev–Trinajstić information content (AvgIpc) is 2.45. The zero-order chi connectivity index (χ0) is 16.2. The Balaban J connectivity index is 3.07. The summed E-state index contributed by atoms with van der Waals surface area (Å²) in [6.07, 6.45) is 0. The van der Waals surface area contributed by atoms with E-state index < -0.39 is 0 Å². The molecular weight excluding hydrogens is 268 g/mol. The molecule has 0 heterocycles. The Kier molecular flexibility index (Phi) is 5.61. The molecule has 0 bridgehead atoms. The number of benzene rings is 1. The van der Waals surface area contributed by atoms with E-state index in [4.69, 9.17) is 15.2 Å². The first-order valence-corrected chi connectivity index (χ1v) is 6.94. The van der Waals surface area contributed by atoms with E-state index in [0.717, 1.165) is 5.56 Å². The van der Waals surface area contributed by atoms with Gasteiger partial charge in [-0.05, 0) is 36.6 Å². The predicted molar refractivity (Wildman–Crippen MR) is 84.1 cm³/mol. The predicted octanol–water partition coefficient (Wildman–Crippen LogP) is 2.07. The van der Waals surface area contributed by atoms with Gasteiger partial charge in [0.2, 0.25) is 0 Å². The third kappa shape index (κ3) is 4.11. The number of aryl methyl sites for hydroxylation is 1. The second-order valence-corrected chi connectivity index (χ2v) is 6.05. The molecule has 0 atom stereocenters. The second kappa shape index (κ2) is 6.80. The highest BCUT2D eigenvalue weighted by Crippen LogP contribution is 2.31. The maximum Gasteiger partial charge on any atom is 0.254 e. The third-order valence-corrected chi connectivity index (χ3v) is 3.53. The van der Waals surface area contributed by atoms with Crippen LogP contribution in [0.4, 0.5) is 0 Å². The Morgan fingerprint density at radius 1 is 1.24 bits per heavy atom. The summed E-state index contributed by atoms with van der Waals surface area (Å²) in [6.45, 7) is 7.08. The number of carbonyl (C=O) groups excluding carboxylic acids is 1. The second-order valence-electron chi connectivity index (χ2n) is 6.05. The van der Waals surface area contributed by atoms with Crippen molar-refractivity contribution in [3.8, 4) is 11.5 Å². The first kappa shape index (κ1) is 17.3. The molecule has 1 aromatic rings. The first-order chi connectivity index (χ1) is 9.75. The van der Waals surface area contributed by atoms with Crippen LogP contribution in [0.1, 0.15) is 29.8 Å². The fourth-order valence-electron chi connectivity index (χ4n) is 2.20. The van der Waals surface area contributed by atoms with E-state index in [0.29, 0.717) is 30.2 Å². The SMILES string of the molecule is COc1cc(C)c(C(=O)N(C)CC(C)(C)CN)cc1OC. The van der Waals surface area contributed by atoms with Gasteiger partial charge in [0, 0.05) is 19.2 Å². The quantitative estimate of drug-likeness (QED) is 0.872. The minimum absolute atomic E-state index is 0.0463. The fourth-order valence-corrected chi connectivity index (χ4v) is 2.20. The van der Waals surface area contributed by atoms with E-state index in [1.807, 2.05) is 26.8 Å². The minimum Gasteiger partial charge on any atom is -0.493 e. The van der Waals surface area contributed by atoms with Crippen molar-refractivity contribution in [1.29, 1.82) is 0 Å². The van der Waals surface area contributed by atoms with E-state index in [2.05, 4.69) is 0 Å². The molecule has 118 valence electrons.